The minimum Gasteiger partial charge on any atom is -0.293 e. The summed E-state index contributed by atoms with van der Waals surface area (Å²) >= 11 is 0. The van der Waals surface area contributed by atoms with Gasteiger partial charge in [-0.2, -0.15) is 5.10 Å². The van der Waals surface area contributed by atoms with Crippen molar-refractivity contribution in [3.63, 3.8) is 0 Å². The smallest absolute Gasteiger partial charge is 0.179 e. The second-order valence-corrected chi connectivity index (χ2v) is 2.89. The van der Waals surface area contributed by atoms with Crippen LogP contribution in [0.25, 0.3) is 5.82 Å². The lowest BCUT2D eigenvalue weighted by molar-refractivity contribution is 0.101. The molecule has 2 aromatic rings. The molecule has 2 aromatic heterocycles. The van der Waals surface area contributed by atoms with Crippen LogP contribution in [0.4, 0.5) is 0 Å². The van der Waals surface area contributed by atoms with Crippen LogP contribution in [-0.4, -0.2) is 20.5 Å². The SMILES string of the molecule is CC(=O)c1ccn(-c2ccccn2)n1. The van der Waals surface area contributed by atoms with Crippen LogP contribution in [0.15, 0.2) is 36.7 Å². The molecular weight excluding hydrogens is 178 g/mol. The Labute approximate surface area is 81.2 Å². The van der Waals surface area contributed by atoms with Gasteiger partial charge in [0.25, 0.3) is 0 Å². The molecule has 2 rings (SSSR count). The number of hydrogen-bond acceptors (Lipinski definition) is 3. The maximum absolute atomic E-state index is 11.0. The van der Waals surface area contributed by atoms with E-state index in [1.165, 1.54) is 6.92 Å². The number of ketones is 1. The van der Waals surface area contributed by atoms with Gasteiger partial charge in [-0.1, -0.05) is 6.07 Å². The van der Waals surface area contributed by atoms with Crippen LogP contribution >= 0.6 is 0 Å². The Balaban J connectivity index is 2.39. The van der Waals surface area contributed by atoms with Crippen LogP contribution in [0.3, 0.4) is 0 Å². The fourth-order valence-electron chi connectivity index (χ4n) is 1.13. The quantitative estimate of drug-likeness (QED) is 0.669. The van der Waals surface area contributed by atoms with Gasteiger partial charge in [0.1, 0.15) is 5.69 Å². The zero-order valence-electron chi connectivity index (χ0n) is 7.71. The van der Waals surface area contributed by atoms with Gasteiger partial charge in [-0.3, -0.25) is 4.79 Å². The molecule has 0 aliphatic heterocycles. The van der Waals surface area contributed by atoms with Crippen molar-refractivity contribution in [2.75, 3.05) is 0 Å². The van der Waals surface area contributed by atoms with E-state index in [2.05, 4.69) is 10.1 Å². The molecule has 14 heavy (non-hydrogen) atoms. The molecule has 0 saturated heterocycles. The van der Waals surface area contributed by atoms with Crippen LogP contribution < -0.4 is 0 Å². The first kappa shape index (κ1) is 8.62. The Kier molecular flexibility index (Phi) is 2.10. The second-order valence-electron chi connectivity index (χ2n) is 2.89. The Morgan fingerprint density at radius 2 is 2.21 bits per heavy atom. The molecule has 0 N–H and O–H groups in total. The Morgan fingerprint density at radius 3 is 2.79 bits per heavy atom. The lowest BCUT2D eigenvalue weighted by Gasteiger charge is -1.97. The highest BCUT2D eigenvalue weighted by atomic mass is 16.1. The van der Waals surface area contributed by atoms with Gasteiger partial charge < -0.3 is 0 Å². The molecule has 0 fully saturated rings. The minimum atomic E-state index is -0.0420. The average molecular weight is 187 g/mol. The number of Topliss-reactive ketones (excluding diaryl/α,β-unsaturated/α-hetero) is 1. The molecule has 0 aliphatic rings. The molecule has 4 heteroatoms. The monoisotopic (exact) mass is 187 g/mol. The maximum Gasteiger partial charge on any atom is 0.179 e. The average Bonchev–Trinajstić information content (AvgIpc) is 2.68. The van der Waals surface area contributed by atoms with Gasteiger partial charge in [0, 0.05) is 19.3 Å². The zero-order chi connectivity index (χ0) is 9.97. The summed E-state index contributed by atoms with van der Waals surface area (Å²) in [6.07, 6.45) is 3.41. The molecule has 0 aliphatic carbocycles. The van der Waals surface area contributed by atoms with E-state index in [-0.39, 0.29) is 5.78 Å². The summed E-state index contributed by atoms with van der Waals surface area (Å²) in [5, 5.41) is 4.08. The Hall–Kier alpha value is -1.97. The standard InChI is InChI=1S/C10H9N3O/c1-8(14)9-5-7-13(12-9)10-4-2-3-6-11-10/h2-7H,1H3. The van der Waals surface area contributed by atoms with Gasteiger partial charge in [-0.05, 0) is 18.2 Å². The van der Waals surface area contributed by atoms with Crippen molar-refractivity contribution in [1.82, 2.24) is 14.8 Å². The molecule has 4 nitrogen and oxygen atoms in total. The summed E-state index contributed by atoms with van der Waals surface area (Å²) in [5.41, 5.74) is 0.454. The van der Waals surface area contributed by atoms with E-state index in [1.807, 2.05) is 18.2 Å². The third-order valence-electron chi connectivity index (χ3n) is 1.83. The molecule has 0 aromatic carbocycles. The summed E-state index contributed by atoms with van der Waals surface area (Å²) in [5.74, 6) is 0.666. The predicted molar refractivity (Wildman–Crippen MR) is 51.4 cm³/mol. The molecule has 0 amide bonds. The Morgan fingerprint density at radius 1 is 1.36 bits per heavy atom. The first-order valence-corrected chi connectivity index (χ1v) is 4.25. The van der Waals surface area contributed by atoms with Crippen LogP contribution in [-0.2, 0) is 0 Å². The van der Waals surface area contributed by atoms with Gasteiger partial charge >= 0.3 is 0 Å². The number of pyridine rings is 1. The molecule has 0 unspecified atom stereocenters. The molecule has 2 heterocycles. The predicted octanol–water partition coefficient (Wildman–Crippen LogP) is 1.47. The van der Waals surface area contributed by atoms with Crippen molar-refractivity contribution in [3.8, 4) is 5.82 Å². The highest BCUT2D eigenvalue weighted by molar-refractivity contribution is 5.91. The maximum atomic E-state index is 11.0. The first-order chi connectivity index (χ1) is 6.77. The summed E-state index contributed by atoms with van der Waals surface area (Å²) in [7, 11) is 0. The third-order valence-corrected chi connectivity index (χ3v) is 1.83. The van der Waals surface area contributed by atoms with Gasteiger partial charge in [-0.15, -0.1) is 0 Å². The largest absolute Gasteiger partial charge is 0.293 e. The van der Waals surface area contributed by atoms with Crippen LogP contribution in [0.1, 0.15) is 17.4 Å². The number of rotatable bonds is 2. The number of hydrogen-bond donors (Lipinski definition) is 0. The second kappa shape index (κ2) is 3.41. The van der Waals surface area contributed by atoms with Gasteiger partial charge in [0.15, 0.2) is 11.6 Å². The fraction of sp³-hybridized carbons (Fsp3) is 0.100. The molecule has 0 saturated carbocycles. The molecule has 0 bridgehead atoms. The molecular formula is C10H9N3O. The molecule has 0 radical (unpaired) electrons. The van der Waals surface area contributed by atoms with Crippen LogP contribution in [0.2, 0.25) is 0 Å². The van der Waals surface area contributed by atoms with Crippen molar-refractivity contribution >= 4 is 5.78 Å². The number of nitrogens with zero attached hydrogens (tertiary/aromatic N) is 3. The first-order valence-electron chi connectivity index (χ1n) is 4.25. The van der Waals surface area contributed by atoms with Crippen molar-refractivity contribution < 1.29 is 4.79 Å². The van der Waals surface area contributed by atoms with Crippen LogP contribution in [0, 0.1) is 0 Å². The minimum absolute atomic E-state index is 0.0420. The highest BCUT2D eigenvalue weighted by Gasteiger charge is 2.04. The lowest BCUT2D eigenvalue weighted by atomic mass is 10.3. The number of aromatic nitrogens is 3. The zero-order valence-corrected chi connectivity index (χ0v) is 7.71. The van der Waals surface area contributed by atoms with E-state index in [4.69, 9.17) is 0 Å². The number of carbonyl (C=O) groups is 1. The van der Waals surface area contributed by atoms with E-state index in [9.17, 15) is 4.79 Å². The summed E-state index contributed by atoms with van der Waals surface area (Å²) < 4.78 is 1.58. The van der Waals surface area contributed by atoms with E-state index >= 15 is 0 Å². The Bertz CT molecular complexity index is 447. The van der Waals surface area contributed by atoms with Crippen molar-refractivity contribution in [2.45, 2.75) is 6.92 Å². The number of carbonyl (C=O) groups excluding carboxylic acids is 1. The molecule has 0 atom stereocenters. The summed E-state index contributed by atoms with van der Waals surface area (Å²) in [6.45, 7) is 1.49. The van der Waals surface area contributed by atoms with E-state index in [0.29, 0.717) is 11.5 Å². The fourth-order valence-corrected chi connectivity index (χ4v) is 1.13. The summed E-state index contributed by atoms with van der Waals surface area (Å²) in [6, 6.07) is 7.21. The van der Waals surface area contributed by atoms with E-state index in [0.717, 1.165) is 0 Å². The van der Waals surface area contributed by atoms with Gasteiger partial charge in [0.2, 0.25) is 0 Å². The topological polar surface area (TPSA) is 47.8 Å². The van der Waals surface area contributed by atoms with Gasteiger partial charge in [0.05, 0.1) is 0 Å². The molecule has 70 valence electrons. The third kappa shape index (κ3) is 1.54. The normalized spacial score (nSPS) is 10.1. The lowest BCUT2D eigenvalue weighted by Crippen LogP contribution is -2.00. The van der Waals surface area contributed by atoms with Crippen molar-refractivity contribution in [2.24, 2.45) is 0 Å². The summed E-state index contributed by atoms with van der Waals surface area (Å²) in [4.78, 5) is 15.1. The van der Waals surface area contributed by atoms with Crippen molar-refractivity contribution in [3.05, 3.63) is 42.4 Å². The highest BCUT2D eigenvalue weighted by Crippen LogP contribution is 2.03. The van der Waals surface area contributed by atoms with Crippen molar-refractivity contribution in [1.29, 1.82) is 0 Å². The van der Waals surface area contributed by atoms with Gasteiger partial charge in [-0.25, -0.2) is 9.67 Å². The van der Waals surface area contributed by atoms with E-state index < -0.39 is 0 Å². The molecule has 0 spiro atoms. The van der Waals surface area contributed by atoms with E-state index in [1.54, 1.807) is 23.1 Å². The van der Waals surface area contributed by atoms with Crippen LogP contribution in [0.5, 0.6) is 0 Å².